The lowest BCUT2D eigenvalue weighted by molar-refractivity contribution is -0.155. The van der Waals surface area contributed by atoms with Gasteiger partial charge in [0.05, 0.1) is 0 Å². The van der Waals surface area contributed by atoms with Crippen LogP contribution in [0.25, 0.3) is 0 Å². The molecular formula is C6H5FN2O5. The molecular weight excluding hydrogens is 199 g/mol. The number of carbonyl (C=O) groups is 4. The summed E-state index contributed by atoms with van der Waals surface area (Å²) in [6.07, 6.45) is -2.83. The summed E-state index contributed by atoms with van der Waals surface area (Å²) in [4.78, 5) is 42.9. The molecule has 0 aromatic rings. The summed E-state index contributed by atoms with van der Waals surface area (Å²) in [5.41, 5.74) is 0. The largest absolute Gasteiger partial charge is 0.478 e. The number of likely N-dealkylation sites (N-methyl/N-ethyl adjacent to an activating group) is 1. The van der Waals surface area contributed by atoms with E-state index in [-0.39, 0.29) is 4.90 Å². The van der Waals surface area contributed by atoms with Crippen molar-refractivity contribution in [3.63, 3.8) is 0 Å². The summed E-state index contributed by atoms with van der Waals surface area (Å²) >= 11 is 0. The summed E-state index contributed by atoms with van der Waals surface area (Å²) < 4.78 is 12.8. The topological polar surface area (TPSA) is 95.0 Å². The van der Waals surface area contributed by atoms with E-state index in [1.165, 1.54) is 0 Å². The molecule has 14 heavy (non-hydrogen) atoms. The molecule has 1 aliphatic rings. The van der Waals surface area contributed by atoms with E-state index in [1.807, 2.05) is 0 Å². The van der Waals surface area contributed by atoms with Crippen LogP contribution < -0.4 is 0 Å². The van der Waals surface area contributed by atoms with Crippen molar-refractivity contribution in [3.8, 4) is 0 Å². The van der Waals surface area contributed by atoms with Gasteiger partial charge in [0.25, 0.3) is 6.30 Å². The van der Waals surface area contributed by atoms with Crippen molar-refractivity contribution in [2.45, 2.75) is 6.30 Å². The fourth-order valence-electron chi connectivity index (χ4n) is 0.892. The van der Waals surface area contributed by atoms with Gasteiger partial charge in [-0.2, -0.15) is 0 Å². The molecule has 0 radical (unpaired) electrons. The van der Waals surface area contributed by atoms with Gasteiger partial charge in [0.2, 0.25) is 0 Å². The van der Waals surface area contributed by atoms with Gasteiger partial charge in [0, 0.05) is 7.05 Å². The zero-order chi connectivity index (χ0) is 11.0. The Hall–Kier alpha value is -1.99. The Morgan fingerprint density at radius 3 is 2.14 bits per heavy atom. The van der Waals surface area contributed by atoms with Crippen LogP contribution in [0.2, 0.25) is 0 Å². The highest BCUT2D eigenvalue weighted by molar-refractivity contribution is 6.44. The molecule has 1 aliphatic heterocycles. The van der Waals surface area contributed by atoms with E-state index in [4.69, 9.17) is 5.11 Å². The van der Waals surface area contributed by atoms with E-state index in [9.17, 15) is 23.6 Å². The number of hydrogen-bond acceptors (Lipinski definition) is 4. The first-order valence-electron chi connectivity index (χ1n) is 3.40. The number of halogens is 1. The average molecular weight is 204 g/mol. The van der Waals surface area contributed by atoms with E-state index in [0.29, 0.717) is 4.90 Å². The van der Waals surface area contributed by atoms with Gasteiger partial charge in [0.15, 0.2) is 0 Å². The van der Waals surface area contributed by atoms with Crippen LogP contribution in [0.3, 0.4) is 0 Å². The van der Waals surface area contributed by atoms with Gasteiger partial charge < -0.3 is 5.11 Å². The Balaban J connectivity index is 3.02. The Labute approximate surface area is 76.7 Å². The molecule has 1 unspecified atom stereocenters. The zero-order valence-corrected chi connectivity index (χ0v) is 6.93. The van der Waals surface area contributed by atoms with E-state index in [0.717, 1.165) is 7.05 Å². The van der Waals surface area contributed by atoms with Gasteiger partial charge in [-0.1, -0.05) is 0 Å². The van der Waals surface area contributed by atoms with Crippen LogP contribution >= 0.6 is 0 Å². The van der Waals surface area contributed by atoms with Crippen LogP contribution in [0.15, 0.2) is 0 Å². The molecule has 1 atom stereocenters. The Kier molecular flexibility index (Phi) is 2.20. The van der Waals surface area contributed by atoms with Crippen molar-refractivity contribution in [1.82, 2.24) is 9.80 Å². The standard InChI is InChI=1S/C6H5FN2O5/c1-8-3(10)4(11)9(6(8)14)2(7)5(12)13/h2H,1H3,(H,12,13). The summed E-state index contributed by atoms with van der Waals surface area (Å²) in [5.74, 6) is -4.74. The number of nitrogens with zero attached hydrogens (tertiary/aromatic N) is 2. The van der Waals surface area contributed by atoms with Crippen LogP contribution in [0, 0.1) is 0 Å². The van der Waals surface area contributed by atoms with Gasteiger partial charge in [0.1, 0.15) is 0 Å². The number of imide groups is 2. The monoisotopic (exact) mass is 204 g/mol. The number of aliphatic carboxylic acids is 1. The average Bonchev–Trinajstić information content (AvgIpc) is 2.30. The van der Waals surface area contributed by atoms with Crippen molar-refractivity contribution in [3.05, 3.63) is 0 Å². The number of hydrogen-bond donors (Lipinski definition) is 1. The summed E-state index contributed by atoms with van der Waals surface area (Å²) in [5, 5.41) is 8.20. The van der Waals surface area contributed by atoms with E-state index in [2.05, 4.69) is 0 Å². The van der Waals surface area contributed by atoms with Crippen molar-refractivity contribution in [2.75, 3.05) is 7.05 Å². The summed E-state index contributed by atoms with van der Waals surface area (Å²) in [7, 11) is 0.955. The van der Waals surface area contributed by atoms with Crippen LogP contribution in [-0.2, 0) is 14.4 Å². The van der Waals surface area contributed by atoms with E-state index < -0.39 is 30.1 Å². The van der Waals surface area contributed by atoms with Gasteiger partial charge in [-0.15, -0.1) is 0 Å². The molecule has 8 heteroatoms. The molecule has 1 saturated heterocycles. The molecule has 7 nitrogen and oxygen atoms in total. The highest BCUT2D eigenvalue weighted by Gasteiger charge is 2.48. The lowest BCUT2D eigenvalue weighted by Crippen LogP contribution is -2.42. The molecule has 0 bridgehead atoms. The third-order valence-corrected chi connectivity index (χ3v) is 1.63. The second-order valence-corrected chi connectivity index (χ2v) is 2.50. The maximum Gasteiger partial charge on any atom is 0.360 e. The van der Waals surface area contributed by atoms with Crippen molar-refractivity contribution in [1.29, 1.82) is 0 Å². The third kappa shape index (κ3) is 1.20. The SMILES string of the molecule is CN1C(=O)C(=O)N(C(F)C(=O)O)C1=O. The second kappa shape index (κ2) is 3.05. The van der Waals surface area contributed by atoms with Gasteiger partial charge in [-0.05, 0) is 0 Å². The molecule has 1 rings (SSSR count). The molecule has 1 heterocycles. The molecule has 0 spiro atoms. The number of carboxylic acids is 1. The quantitative estimate of drug-likeness (QED) is 0.346. The van der Waals surface area contributed by atoms with Gasteiger partial charge in [-0.25, -0.2) is 18.9 Å². The number of alkyl halides is 1. The zero-order valence-electron chi connectivity index (χ0n) is 6.93. The minimum atomic E-state index is -2.83. The van der Waals surface area contributed by atoms with E-state index in [1.54, 1.807) is 0 Å². The van der Waals surface area contributed by atoms with Gasteiger partial charge in [-0.3, -0.25) is 14.5 Å². The maximum absolute atomic E-state index is 12.8. The third-order valence-electron chi connectivity index (χ3n) is 1.63. The summed E-state index contributed by atoms with van der Waals surface area (Å²) in [6, 6.07) is -1.28. The minimum absolute atomic E-state index is 0.245. The number of rotatable bonds is 2. The fraction of sp³-hybridized carbons (Fsp3) is 0.333. The fourth-order valence-corrected chi connectivity index (χ4v) is 0.892. The Morgan fingerprint density at radius 2 is 1.86 bits per heavy atom. The molecule has 0 aliphatic carbocycles. The first-order valence-corrected chi connectivity index (χ1v) is 3.40. The normalized spacial score (nSPS) is 19.1. The molecule has 0 aromatic heterocycles. The number of carboxylic acid groups (broad SMARTS) is 1. The van der Waals surface area contributed by atoms with Crippen LogP contribution in [-0.4, -0.2) is 52.1 Å². The molecule has 0 aromatic carbocycles. The molecule has 1 N–H and O–H groups in total. The minimum Gasteiger partial charge on any atom is -0.478 e. The van der Waals surface area contributed by atoms with Crippen LogP contribution in [0.4, 0.5) is 9.18 Å². The first kappa shape index (κ1) is 10.1. The van der Waals surface area contributed by atoms with Crippen LogP contribution in [0.5, 0.6) is 0 Å². The first-order chi connectivity index (χ1) is 6.37. The van der Waals surface area contributed by atoms with Crippen molar-refractivity contribution in [2.24, 2.45) is 0 Å². The van der Waals surface area contributed by atoms with E-state index >= 15 is 0 Å². The van der Waals surface area contributed by atoms with Crippen molar-refractivity contribution < 1.29 is 28.7 Å². The number of urea groups is 1. The maximum atomic E-state index is 12.8. The molecule has 1 fully saturated rings. The predicted octanol–water partition coefficient (Wildman–Crippen LogP) is -1.21. The smallest absolute Gasteiger partial charge is 0.360 e. The Morgan fingerprint density at radius 1 is 1.36 bits per heavy atom. The molecule has 4 amide bonds. The van der Waals surface area contributed by atoms with Crippen molar-refractivity contribution >= 4 is 23.8 Å². The predicted molar refractivity (Wildman–Crippen MR) is 37.5 cm³/mol. The van der Waals surface area contributed by atoms with Gasteiger partial charge >= 0.3 is 23.8 Å². The summed E-state index contributed by atoms with van der Waals surface area (Å²) in [6.45, 7) is 0. The lowest BCUT2D eigenvalue weighted by Gasteiger charge is -2.13. The second-order valence-electron chi connectivity index (χ2n) is 2.50. The Bertz CT molecular complexity index is 341. The highest BCUT2D eigenvalue weighted by Crippen LogP contribution is 2.14. The number of amides is 4. The molecule has 0 saturated carbocycles. The highest BCUT2D eigenvalue weighted by atomic mass is 19.1. The van der Waals surface area contributed by atoms with Crippen LogP contribution in [0.1, 0.15) is 0 Å². The molecule has 76 valence electrons. The lowest BCUT2D eigenvalue weighted by atomic mass is 10.5. The number of carbonyl (C=O) groups excluding carboxylic acids is 3.